The molecule has 5 nitrogen and oxygen atoms in total. The summed E-state index contributed by atoms with van der Waals surface area (Å²) in [7, 11) is 0. The molecule has 0 unspecified atom stereocenters. The van der Waals surface area contributed by atoms with E-state index < -0.39 is 0 Å². The number of carbonyl (C=O) groups is 1. The van der Waals surface area contributed by atoms with Crippen molar-refractivity contribution in [1.29, 1.82) is 0 Å². The van der Waals surface area contributed by atoms with Gasteiger partial charge in [0, 0.05) is 17.6 Å². The van der Waals surface area contributed by atoms with Crippen LogP contribution in [0.4, 0.5) is 0 Å². The van der Waals surface area contributed by atoms with Gasteiger partial charge >= 0.3 is 0 Å². The van der Waals surface area contributed by atoms with E-state index in [0.717, 1.165) is 41.9 Å². The number of carbonyl (C=O) groups excluding carboxylic acids is 1. The van der Waals surface area contributed by atoms with Crippen LogP contribution in [0.1, 0.15) is 41.9 Å². The first-order valence-corrected chi connectivity index (χ1v) is 9.33. The highest BCUT2D eigenvalue weighted by Gasteiger charge is 2.17. The van der Waals surface area contributed by atoms with E-state index >= 15 is 0 Å². The Morgan fingerprint density at radius 3 is 2.78 bits per heavy atom. The van der Waals surface area contributed by atoms with Gasteiger partial charge in [-0.1, -0.05) is 18.2 Å². The minimum Gasteiger partial charge on any atom is -0.491 e. The van der Waals surface area contributed by atoms with E-state index in [9.17, 15) is 4.79 Å². The number of fused-ring (bicyclic) bond motifs is 1. The zero-order chi connectivity index (χ0) is 18.6. The van der Waals surface area contributed by atoms with E-state index in [-0.39, 0.29) is 18.1 Å². The van der Waals surface area contributed by atoms with Crippen LogP contribution in [0, 0.1) is 0 Å². The molecule has 1 saturated heterocycles. The highest BCUT2D eigenvalue weighted by Crippen LogP contribution is 2.24. The van der Waals surface area contributed by atoms with Crippen molar-refractivity contribution in [1.82, 2.24) is 5.32 Å². The molecule has 2 atom stereocenters. The molecule has 4 rings (SSSR count). The quantitative estimate of drug-likeness (QED) is 0.700. The van der Waals surface area contributed by atoms with Gasteiger partial charge in [-0.05, 0) is 56.2 Å². The molecule has 3 aromatic rings. The fourth-order valence-corrected chi connectivity index (χ4v) is 3.23. The fraction of sp³-hybridized carbons (Fsp3) is 0.318. The standard InChI is InChI=1S/C22H23NO4/c1-15(21-13-17-5-2-3-7-20(17)27-21)23-22(24)16-8-10-18(11-9-16)26-14-19-6-4-12-25-19/h2-3,5,7-11,13,15,19H,4,6,12,14H2,1H3,(H,23,24)/t15-,19-/m1/s1. The molecule has 0 bridgehead atoms. The molecule has 0 spiro atoms. The van der Waals surface area contributed by atoms with Gasteiger partial charge in [0.15, 0.2) is 0 Å². The second kappa shape index (κ2) is 7.84. The van der Waals surface area contributed by atoms with E-state index in [1.54, 1.807) is 12.1 Å². The van der Waals surface area contributed by atoms with Crippen LogP contribution in [0.2, 0.25) is 0 Å². The molecule has 1 fully saturated rings. The Hall–Kier alpha value is -2.79. The number of benzene rings is 2. The summed E-state index contributed by atoms with van der Waals surface area (Å²) in [6.45, 7) is 3.28. The highest BCUT2D eigenvalue weighted by molar-refractivity contribution is 5.94. The average molecular weight is 365 g/mol. The summed E-state index contributed by atoms with van der Waals surface area (Å²) in [5, 5.41) is 4.01. The minimum absolute atomic E-state index is 0.145. The number of hydrogen-bond acceptors (Lipinski definition) is 4. The number of nitrogens with one attached hydrogen (secondary N) is 1. The molecule has 1 aliphatic heterocycles. The zero-order valence-corrected chi connectivity index (χ0v) is 15.3. The predicted molar refractivity (Wildman–Crippen MR) is 103 cm³/mol. The maximum Gasteiger partial charge on any atom is 0.251 e. The van der Waals surface area contributed by atoms with Gasteiger partial charge in [-0.15, -0.1) is 0 Å². The van der Waals surface area contributed by atoms with Gasteiger partial charge in [-0.2, -0.15) is 0 Å². The van der Waals surface area contributed by atoms with Crippen molar-refractivity contribution in [3.8, 4) is 5.75 Å². The molecule has 2 heterocycles. The summed E-state index contributed by atoms with van der Waals surface area (Å²) in [5.74, 6) is 1.34. The largest absolute Gasteiger partial charge is 0.491 e. The lowest BCUT2D eigenvalue weighted by Gasteiger charge is -2.13. The molecule has 1 aliphatic rings. The van der Waals surface area contributed by atoms with Crippen LogP contribution in [0.3, 0.4) is 0 Å². The third-order valence-electron chi connectivity index (χ3n) is 4.80. The second-order valence-electron chi connectivity index (χ2n) is 6.85. The van der Waals surface area contributed by atoms with Gasteiger partial charge in [-0.25, -0.2) is 0 Å². The van der Waals surface area contributed by atoms with Crippen molar-refractivity contribution < 1.29 is 18.7 Å². The highest BCUT2D eigenvalue weighted by atomic mass is 16.5. The van der Waals surface area contributed by atoms with Crippen molar-refractivity contribution in [3.05, 3.63) is 65.9 Å². The summed E-state index contributed by atoms with van der Waals surface area (Å²) in [6, 6.07) is 16.7. The van der Waals surface area contributed by atoms with Crippen molar-refractivity contribution in [3.63, 3.8) is 0 Å². The summed E-state index contributed by atoms with van der Waals surface area (Å²) >= 11 is 0. The Balaban J connectivity index is 1.35. The van der Waals surface area contributed by atoms with Crippen LogP contribution >= 0.6 is 0 Å². The van der Waals surface area contributed by atoms with Gasteiger partial charge in [0.25, 0.3) is 5.91 Å². The van der Waals surface area contributed by atoms with Gasteiger partial charge in [0.2, 0.25) is 0 Å². The van der Waals surface area contributed by atoms with Crippen LogP contribution in [0.15, 0.2) is 59.0 Å². The van der Waals surface area contributed by atoms with Gasteiger partial charge in [-0.3, -0.25) is 4.79 Å². The van der Waals surface area contributed by atoms with Crippen molar-refractivity contribution in [2.45, 2.75) is 31.9 Å². The van der Waals surface area contributed by atoms with Crippen LogP contribution < -0.4 is 10.1 Å². The number of hydrogen-bond donors (Lipinski definition) is 1. The predicted octanol–water partition coefficient (Wildman–Crippen LogP) is 4.48. The Kier molecular flexibility index (Phi) is 5.12. The Morgan fingerprint density at radius 1 is 1.22 bits per heavy atom. The van der Waals surface area contributed by atoms with Crippen molar-refractivity contribution in [2.75, 3.05) is 13.2 Å². The maximum absolute atomic E-state index is 12.5. The normalized spacial score (nSPS) is 17.7. The van der Waals surface area contributed by atoms with Crippen LogP contribution in [0.25, 0.3) is 11.0 Å². The number of furan rings is 1. The Morgan fingerprint density at radius 2 is 2.04 bits per heavy atom. The summed E-state index contributed by atoms with van der Waals surface area (Å²) in [5.41, 5.74) is 1.41. The summed E-state index contributed by atoms with van der Waals surface area (Å²) in [6.07, 6.45) is 2.31. The van der Waals surface area contributed by atoms with Crippen LogP contribution in [-0.4, -0.2) is 25.2 Å². The number of para-hydroxylation sites is 1. The number of ether oxygens (including phenoxy) is 2. The molecule has 1 amide bonds. The van der Waals surface area contributed by atoms with E-state index in [0.29, 0.717) is 12.2 Å². The molecule has 0 radical (unpaired) electrons. The Labute approximate surface area is 158 Å². The molecule has 140 valence electrons. The topological polar surface area (TPSA) is 60.7 Å². The van der Waals surface area contributed by atoms with E-state index in [2.05, 4.69) is 5.32 Å². The number of rotatable bonds is 6. The molecular formula is C22H23NO4. The molecular weight excluding hydrogens is 342 g/mol. The SMILES string of the molecule is C[C@@H](NC(=O)c1ccc(OC[C@H]2CCCO2)cc1)c1cc2ccccc2o1. The minimum atomic E-state index is -0.222. The second-order valence-corrected chi connectivity index (χ2v) is 6.85. The molecule has 0 aliphatic carbocycles. The first kappa shape index (κ1) is 17.6. The molecule has 0 saturated carbocycles. The van der Waals surface area contributed by atoms with Gasteiger partial charge in [0.1, 0.15) is 23.7 Å². The molecule has 2 aromatic carbocycles. The van der Waals surface area contributed by atoms with E-state index in [1.807, 2.05) is 49.4 Å². The van der Waals surface area contributed by atoms with Crippen LogP contribution in [-0.2, 0) is 4.74 Å². The lowest BCUT2D eigenvalue weighted by molar-refractivity contribution is 0.0679. The first-order chi connectivity index (χ1) is 13.2. The summed E-state index contributed by atoms with van der Waals surface area (Å²) in [4.78, 5) is 12.5. The zero-order valence-electron chi connectivity index (χ0n) is 15.3. The Bertz CT molecular complexity index is 876. The maximum atomic E-state index is 12.5. The average Bonchev–Trinajstić information content (AvgIpc) is 3.36. The third kappa shape index (κ3) is 4.14. The van der Waals surface area contributed by atoms with Crippen molar-refractivity contribution >= 4 is 16.9 Å². The van der Waals surface area contributed by atoms with E-state index in [4.69, 9.17) is 13.9 Å². The van der Waals surface area contributed by atoms with Crippen LogP contribution in [0.5, 0.6) is 5.75 Å². The lowest BCUT2D eigenvalue weighted by Crippen LogP contribution is -2.26. The third-order valence-corrected chi connectivity index (χ3v) is 4.80. The number of amides is 1. The lowest BCUT2D eigenvalue weighted by atomic mass is 10.1. The van der Waals surface area contributed by atoms with Gasteiger partial charge in [0.05, 0.1) is 12.1 Å². The molecule has 27 heavy (non-hydrogen) atoms. The molecule has 5 heteroatoms. The monoisotopic (exact) mass is 365 g/mol. The molecule has 1 N–H and O–H groups in total. The summed E-state index contributed by atoms with van der Waals surface area (Å²) < 4.78 is 17.1. The van der Waals surface area contributed by atoms with Crippen molar-refractivity contribution in [2.24, 2.45) is 0 Å². The van der Waals surface area contributed by atoms with E-state index in [1.165, 1.54) is 0 Å². The molecule has 1 aromatic heterocycles. The van der Waals surface area contributed by atoms with Gasteiger partial charge < -0.3 is 19.2 Å². The first-order valence-electron chi connectivity index (χ1n) is 9.33. The fourth-order valence-electron chi connectivity index (χ4n) is 3.23. The smallest absolute Gasteiger partial charge is 0.251 e.